The molecule has 2 N–H and O–H groups in total. The van der Waals surface area contributed by atoms with Crippen LogP contribution in [0.4, 0.5) is 0 Å². The summed E-state index contributed by atoms with van der Waals surface area (Å²) in [6.07, 6.45) is 8.57. The summed E-state index contributed by atoms with van der Waals surface area (Å²) >= 11 is 0. The van der Waals surface area contributed by atoms with E-state index in [0.717, 1.165) is 12.8 Å². The van der Waals surface area contributed by atoms with Gasteiger partial charge < -0.3 is 10.4 Å². The zero-order valence-corrected chi connectivity index (χ0v) is 10.7. The first-order valence-electron chi connectivity index (χ1n) is 6.73. The molecule has 18 heavy (non-hydrogen) atoms. The van der Waals surface area contributed by atoms with Crippen LogP contribution < -0.4 is 5.32 Å². The van der Waals surface area contributed by atoms with Crippen molar-refractivity contribution < 1.29 is 9.90 Å². The Bertz CT molecular complexity index is 294. The third kappa shape index (κ3) is 5.89. The lowest BCUT2D eigenvalue weighted by atomic mass is 9.96. The Kier molecular flexibility index (Phi) is 7.22. The fourth-order valence-corrected chi connectivity index (χ4v) is 2.42. The lowest BCUT2D eigenvalue weighted by molar-refractivity contribution is -0.139. The molecular weight excluding hydrogens is 232 g/mol. The van der Waals surface area contributed by atoms with Crippen LogP contribution in [-0.4, -0.2) is 29.7 Å². The molecule has 1 aliphatic carbocycles. The van der Waals surface area contributed by atoms with Crippen molar-refractivity contribution in [3.63, 3.8) is 0 Å². The smallest absolute Gasteiger partial charge is 0.320 e. The molecule has 102 valence electrons. The molecule has 0 bridgehead atoms. The van der Waals surface area contributed by atoms with Gasteiger partial charge >= 0.3 is 5.97 Å². The quantitative estimate of drug-likeness (QED) is 0.433. The van der Waals surface area contributed by atoms with Crippen molar-refractivity contribution in [1.82, 2.24) is 5.32 Å². The number of hydrogen-bond donors (Lipinski definition) is 2. The maximum Gasteiger partial charge on any atom is 0.320 e. The summed E-state index contributed by atoms with van der Waals surface area (Å²) in [5.74, 6) is -0.856. The minimum atomic E-state index is -0.856. The van der Waals surface area contributed by atoms with E-state index in [1.807, 2.05) is 0 Å². The molecule has 0 saturated heterocycles. The van der Waals surface area contributed by atoms with Crippen LogP contribution in [0.1, 0.15) is 51.4 Å². The van der Waals surface area contributed by atoms with Gasteiger partial charge in [0.15, 0.2) is 0 Å². The van der Waals surface area contributed by atoms with Gasteiger partial charge in [-0.05, 0) is 24.8 Å². The zero-order valence-electron chi connectivity index (χ0n) is 10.7. The Balaban J connectivity index is 2.41. The number of nitrogens with zero attached hydrogens (tertiary/aromatic N) is 3. The van der Waals surface area contributed by atoms with E-state index >= 15 is 0 Å². The van der Waals surface area contributed by atoms with Crippen molar-refractivity contribution in [2.24, 2.45) is 5.11 Å². The highest BCUT2D eigenvalue weighted by atomic mass is 16.4. The van der Waals surface area contributed by atoms with Gasteiger partial charge in [0.1, 0.15) is 6.04 Å². The van der Waals surface area contributed by atoms with Crippen LogP contribution >= 0.6 is 0 Å². The van der Waals surface area contributed by atoms with Crippen molar-refractivity contribution in [3.05, 3.63) is 10.4 Å². The molecule has 1 atom stereocenters. The first-order chi connectivity index (χ1) is 8.74. The molecule has 6 heteroatoms. The highest BCUT2D eigenvalue weighted by Crippen LogP contribution is 2.17. The summed E-state index contributed by atoms with van der Waals surface area (Å²) < 4.78 is 0. The van der Waals surface area contributed by atoms with Crippen molar-refractivity contribution in [2.75, 3.05) is 6.54 Å². The topological polar surface area (TPSA) is 98.1 Å². The van der Waals surface area contributed by atoms with Gasteiger partial charge in [-0.25, -0.2) is 0 Å². The summed E-state index contributed by atoms with van der Waals surface area (Å²) in [5, 5.41) is 15.7. The number of hydrogen-bond acceptors (Lipinski definition) is 3. The Labute approximate surface area is 107 Å². The monoisotopic (exact) mass is 254 g/mol. The van der Waals surface area contributed by atoms with E-state index in [1.54, 1.807) is 0 Å². The second-order valence-corrected chi connectivity index (χ2v) is 4.84. The van der Waals surface area contributed by atoms with Gasteiger partial charge in [-0.2, -0.15) is 0 Å². The molecule has 1 unspecified atom stereocenters. The van der Waals surface area contributed by atoms with Crippen LogP contribution in [0.5, 0.6) is 0 Å². The Morgan fingerprint density at radius 1 is 1.33 bits per heavy atom. The minimum Gasteiger partial charge on any atom is -0.480 e. The minimum absolute atomic E-state index is 0.229. The highest BCUT2D eigenvalue weighted by molar-refractivity contribution is 5.73. The molecule has 0 radical (unpaired) electrons. The number of aliphatic carboxylic acids is 1. The van der Waals surface area contributed by atoms with Gasteiger partial charge in [0.05, 0.1) is 0 Å². The van der Waals surface area contributed by atoms with Gasteiger partial charge in [-0.3, -0.25) is 4.79 Å². The van der Waals surface area contributed by atoms with E-state index in [2.05, 4.69) is 15.3 Å². The second kappa shape index (κ2) is 8.78. The van der Waals surface area contributed by atoms with E-state index in [4.69, 9.17) is 10.6 Å². The van der Waals surface area contributed by atoms with Crippen LogP contribution in [-0.2, 0) is 4.79 Å². The molecule has 0 aliphatic heterocycles. The Hall–Kier alpha value is -1.26. The van der Waals surface area contributed by atoms with Crippen LogP contribution in [0.3, 0.4) is 0 Å². The third-order valence-electron chi connectivity index (χ3n) is 3.42. The molecule has 0 aromatic rings. The van der Waals surface area contributed by atoms with Gasteiger partial charge in [0.25, 0.3) is 0 Å². The number of rotatable bonds is 6. The lowest BCUT2D eigenvalue weighted by Crippen LogP contribution is -2.44. The first kappa shape index (κ1) is 14.8. The van der Waals surface area contributed by atoms with E-state index in [1.165, 1.54) is 32.1 Å². The van der Waals surface area contributed by atoms with Gasteiger partial charge in [-0.1, -0.05) is 37.2 Å². The summed E-state index contributed by atoms with van der Waals surface area (Å²) in [4.78, 5) is 13.8. The number of carboxylic acid groups (broad SMARTS) is 1. The number of nitrogens with one attached hydrogen (secondary N) is 1. The average Bonchev–Trinajstić information content (AvgIpc) is 2.30. The molecule has 1 rings (SSSR count). The summed E-state index contributed by atoms with van der Waals surface area (Å²) in [6.45, 7) is 0.229. The highest BCUT2D eigenvalue weighted by Gasteiger charge is 2.21. The third-order valence-corrected chi connectivity index (χ3v) is 3.42. The van der Waals surface area contributed by atoms with Gasteiger partial charge in [-0.15, -0.1) is 0 Å². The molecular formula is C12H22N4O2. The predicted molar refractivity (Wildman–Crippen MR) is 69.3 cm³/mol. The average molecular weight is 254 g/mol. The van der Waals surface area contributed by atoms with Crippen molar-refractivity contribution in [2.45, 2.75) is 63.5 Å². The number of carbonyl (C=O) groups is 1. The molecule has 1 aliphatic rings. The van der Waals surface area contributed by atoms with Gasteiger partial charge in [0.2, 0.25) is 0 Å². The normalized spacial score (nSPS) is 19.3. The number of azide groups is 1. The van der Waals surface area contributed by atoms with E-state index in [-0.39, 0.29) is 12.6 Å². The molecule has 1 saturated carbocycles. The summed E-state index contributed by atoms with van der Waals surface area (Å²) in [6, 6.07) is -0.308. The standard InChI is InChI=1S/C12H22N4O2/c13-16-14-9-8-11(12(17)18)15-10-6-4-2-1-3-5-7-10/h10-11,15H,1-9H2,(H,17,18). The molecule has 1 fully saturated rings. The first-order valence-corrected chi connectivity index (χ1v) is 6.73. The van der Waals surface area contributed by atoms with Gasteiger partial charge in [0, 0.05) is 17.5 Å². The van der Waals surface area contributed by atoms with E-state index < -0.39 is 12.0 Å². The summed E-state index contributed by atoms with van der Waals surface area (Å²) in [7, 11) is 0. The number of carboxylic acids is 1. The molecule has 0 heterocycles. The Morgan fingerprint density at radius 3 is 2.50 bits per heavy atom. The molecule has 0 aromatic heterocycles. The zero-order chi connectivity index (χ0) is 13.2. The molecule has 0 aromatic carbocycles. The molecule has 0 amide bonds. The summed E-state index contributed by atoms with van der Waals surface area (Å²) in [5.41, 5.74) is 8.20. The van der Waals surface area contributed by atoms with Crippen molar-refractivity contribution in [1.29, 1.82) is 0 Å². The van der Waals surface area contributed by atoms with Crippen LogP contribution in [0.2, 0.25) is 0 Å². The van der Waals surface area contributed by atoms with Crippen LogP contribution in [0.15, 0.2) is 5.11 Å². The molecule has 6 nitrogen and oxygen atoms in total. The SMILES string of the molecule is [N-]=[N+]=NCCC(NC1CCCCCCC1)C(=O)O. The lowest BCUT2D eigenvalue weighted by Gasteiger charge is -2.24. The fraction of sp³-hybridized carbons (Fsp3) is 0.917. The largest absolute Gasteiger partial charge is 0.480 e. The fourth-order valence-electron chi connectivity index (χ4n) is 2.42. The predicted octanol–water partition coefficient (Wildman–Crippen LogP) is 2.84. The van der Waals surface area contributed by atoms with E-state index in [9.17, 15) is 4.79 Å². The van der Waals surface area contributed by atoms with E-state index in [0.29, 0.717) is 6.42 Å². The maximum absolute atomic E-state index is 11.1. The van der Waals surface area contributed by atoms with Crippen molar-refractivity contribution >= 4 is 5.97 Å². The van der Waals surface area contributed by atoms with Crippen LogP contribution in [0.25, 0.3) is 10.4 Å². The maximum atomic E-state index is 11.1. The Morgan fingerprint density at radius 2 is 1.94 bits per heavy atom. The van der Waals surface area contributed by atoms with Crippen LogP contribution in [0, 0.1) is 0 Å². The van der Waals surface area contributed by atoms with Crippen molar-refractivity contribution in [3.8, 4) is 0 Å². The molecule has 0 spiro atoms. The second-order valence-electron chi connectivity index (χ2n) is 4.84.